The number of benzene rings is 1. The van der Waals surface area contributed by atoms with Crippen LogP contribution in [0.2, 0.25) is 0 Å². The predicted molar refractivity (Wildman–Crippen MR) is 88.1 cm³/mol. The van der Waals surface area contributed by atoms with Crippen molar-refractivity contribution in [3.63, 3.8) is 0 Å². The van der Waals surface area contributed by atoms with E-state index in [2.05, 4.69) is 49.5 Å². The summed E-state index contributed by atoms with van der Waals surface area (Å²) in [5.41, 5.74) is 1.47. The van der Waals surface area contributed by atoms with Crippen molar-refractivity contribution < 1.29 is 0 Å². The van der Waals surface area contributed by atoms with Crippen LogP contribution in [0.15, 0.2) is 30.3 Å². The molecule has 0 spiro atoms. The molecule has 0 saturated heterocycles. The summed E-state index contributed by atoms with van der Waals surface area (Å²) in [6, 6.07) is 11.6. The second-order valence-electron chi connectivity index (χ2n) is 6.59. The van der Waals surface area contributed by atoms with Crippen molar-refractivity contribution in [2.75, 3.05) is 6.54 Å². The zero-order valence-electron chi connectivity index (χ0n) is 13.3. The van der Waals surface area contributed by atoms with Gasteiger partial charge in [-0.3, -0.25) is 0 Å². The van der Waals surface area contributed by atoms with Gasteiger partial charge in [-0.25, -0.2) is 0 Å². The molecule has 20 heavy (non-hydrogen) atoms. The first-order chi connectivity index (χ1) is 9.77. The van der Waals surface area contributed by atoms with Crippen molar-refractivity contribution in [2.24, 2.45) is 5.92 Å². The Labute approximate surface area is 125 Å². The van der Waals surface area contributed by atoms with E-state index in [-0.39, 0.29) is 0 Å². The van der Waals surface area contributed by atoms with Gasteiger partial charge in [-0.1, -0.05) is 62.9 Å². The molecule has 1 unspecified atom stereocenters. The number of hydrogen-bond donors (Lipinski definition) is 1. The van der Waals surface area contributed by atoms with Gasteiger partial charge in [0.15, 0.2) is 0 Å². The minimum Gasteiger partial charge on any atom is -0.314 e. The zero-order valence-corrected chi connectivity index (χ0v) is 13.3. The SMILES string of the molecule is CC(CCN[C@H](C)C1CCCCCC1)c1ccccc1. The van der Waals surface area contributed by atoms with Crippen LogP contribution in [0, 0.1) is 5.92 Å². The first kappa shape index (κ1) is 15.6. The van der Waals surface area contributed by atoms with Crippen molar-refractivity contribution >= 4 is 0 Å². The summed E-state index contributed by atoms with van der Waals surface area (Å²) in [6.07, 6.45) is 9.89. The smallest absolute Gasteiger partial charge is 0.00670 e. The molecule has 1 aromatic carbocycles. The fourth-order valence-corrected chi connectivity index (χ4v) is 3.45. The van der Waals surface area contributed by atoms with Crippen LogP contribution in [0.5, 0.6) is 0 Å². The molecule has 0 radical (unpaired) electrons. The first-order valence-corrected chi connectivity index (χ1v) is 8.55. The Morgan fingerprint density at radius 3 is 2.30 bits per heavy atom. The van der Waals surface area contributed by atoms with E-state index in [1.165, 1.54) is 50.5 Å². The highest BCUT2D eigenvalue weighted by atomic mass is 14.9. The maximum Gasteiger partial charge on any atom is 0.00670 e. The molecule has 1 aromatic rings. The van der Waals surface area contributed by atoms with Crippen LogP contribution in [-0.2, 0) is 0 Å². The third-order valence-corrected chi connectivity index (χ3v) is 5.02. The van der Waals surface area contributed by atoms with Gasteiger partial charge < -0.3 is 5.32 Å². The van der Waals surface area contributed by atoms with Crippen LogP contribution in [0.25, 0.3) is 0 Å². The zero-order chi connectivity index (χ0) is 14.2. The van der Waals surface area contributed by atoms with Gasteiger partial charge in [0.1, 0.15) is 0 Å². The van der Waals surface area contributed by atoms with Crippen molar-refractivity contribution in [3.05, 3.63) is 35.9 Å². The van der Waals surface area contributed by atoms with Gasteiger partial charge >= 0.3 is 0 Å². The number of hydrogen-bond acceptors (Lipinski definition) is 1. The van der Waals surface area contributed by atoms with E-state index in [0.29, 0.717) is 12.0 Å². The van der Waals surface area contributed by atoms with E-state index in [4.69, 9.17) is 0 Å². The van der Waals surface area contributed by atoms with Crippen LogP contribution in [-0.4, -0.2) is 12.6 Å². The molecule has 0 amide bonds. The summed E-state index contributed by atoms with van der Waals surface area (Å²) in [5, 5.41) is 3.78. The Morgan fingerprint density at radius 1 is 1.00 bits per heavy atom. The highest BCUT2D eigenvalue weighted by Crippen LogP contribution is 2.25. The van der Waals surface area contributed by atoms with Crippen molar-refractivity contribution in [3.8, 4) is 0 Å². The molecule has 1 aliphatic rings. The number of rotatable bonds is 6. The molecule has 1 N–H and O–H groups in total. The standard InChI is InChI=1S/C19H31N/c1-16(18-10-8-5-9-11-18)14-15-20-17(2)19-12-6-3-4-7-13-19/h5,8-11,16-17,19-20H,3-4,6-7,12-15H2,1-2H3/t16?,17-/m1/s1. The van der Waals surface area contributed by atoms with E-state index in [9.17, 15) is 0 Å². The van der Waals surface area contributed by atoms with Crippen LogP contribution in [0.4, 0.5) is 0 Å². The largest absolute Gasteiger partial charge is 0.314 e. The van der Waals surface area contributed by atoms with E-state index in [0.717, 1.165) is 12.5 Å². The summed E-state index contributed by atoms with van der Waals surface area (Å²) in [5.74, 6) is 1.56. The van der Waals surface area contributed by atoms with E-state index < -0.39 is 0 Å². The molecule has 1 nitrogen and oxygen atoms in total. The lowest BCUT2D eigenvalue weighted by atomic mass is 9.92. The summed E-state index contributed by atoms with van der Waals surface area (Å²) >= 11 is 0. The summed E-state index contributed by atoms with van der Waals surface area (Å²) in [4.78, 5) is 0. The molecule has 1 fully saturated rings. The van der Waals surface area contributed by atoms with Gasteiger partial charge in [0, 0.05) is 6.04 Å². The lowest BCUT2D eigenvalue weighted by molar-refractivity contribution is 0.335. The number of nitrogens with one attached hydrogen (secondary N) is 1. The third-order valence-electron chi connectivity index (χ3n) is 5.02. The normalized spacial score (nSPS) is 20.3. The third kappa shape index (κ3) is 4.94. The van der Waals surface area contributed by atoms with Gasteiger partial charge in [-0.05, 0) is 50.1 Å². The average molecular weight is 273 g/mol. The summed E-state index contributed by atoms with van der Waals surface area (Å²) in [7, 11) is 0. The van der Waals surface area contributed by atoms with Crippen molar-refractivity contribution in [2.45, 2.75) is 70.8 Å². The molecule has 0 aromatic heterocycles. The Balaban J connectivity index is 1.69. The van der Waals surface area contributed by atoms with Gasteiger partial charge in [-0.2, -0.15) is 0 Å². The molecular weight excluding hydrogens is 242 g/mol. The van der Waals surface area contributed by atoms with Crippen molar-refractivity contribution in [1.29, 1.82) is 0 Å². The Bertz CT molecular complexity index is 351. The van der Waals surface area contributed by atoms with E-state index in [1.54, 1.807) is 0 Å². The van der Waals surface area contributed by atoms with Gasteiger partial charge in [0.05, 0.1) is 0 Å². The second kappa shape index (κ2) is 8.46. The minimum atomic E-state index is 0.657. The van der Waals surface area contributed by atoms with Crippen LogP contribution < -0.4 is 5.32 Å². The van der Waals surface area contributed by atoms with Gasteiger partial charge in [0.2, 0.25) is 0 Å². The molecule has 0 aliphatic heterocycles. The topological polar surface area (TPSA) is 12.0 Å². The average Bonchev–Trinajstić information content (AvgIpc) is 2.77. The molecule has 1 aliphatic carbocycles. The molecule has 1 saturated carbocycles. The van der Waals surface area contributed by atoms with Crippen LogP contribution in [0.3, 0.4) is 0 Å². The maximum absolute atomic E-state index is 3.78. The lowest BCUT2D eigenvalue weighted by Crippen LogP contribution is -2.34. The molecule has 2 rings (SSSR count). The molecule has 0 bridgehead atoms. The highest BCUT2D eigenvalue weighted by molar-refractivity contribution is 5.18. The van der Waals surface area contributed by atoms with Gasteiger partial charge in [0.25, 0.3) is 0 Å². The molecule has 2 atom stereocenters. The summed E-state index contributed by atoms with van der Waals surface area (Å²) < 4.78 is 0. The second-order valence-corrected chi connectivity index (χ2v) is 6.59. The Morgan fingerprint density at radius 2 is 1.65 bits per heavy atom. The van der Waals surface area contributed by atoms with Gasteiger partial charge in [-0.15, -0.1) is 0 Å². The fourth-order valence-electron chi connectivity index (χ4n) is 3.45. The monoisotopic (exact) mass is 273 g/mol. The summed E-state index contributed by atoms with van der Waals surface area (Å²) in [6.45, 7) is 5.88. The predicted octanol–water partition coefficient (Wildman–Crippen LogP) is 5.13. The lowest BCUT2D eigenvalue weighted by Gasteiger charge is -2.24. The minimum absolute atomic E-state index is 0.657. The molecule has 112 valence electrons. The maximum atomic E-state index is 3.78. The fraction of sp³-hybridized carbons (Fsp3) is 0.684. The van der Waals surface area contributed by atoms with Crippen LogP contribution in [0.1, 0.15) is 70.3 Å². The molecule has 0 heterocycles. The Kier molecular flexibility index (Phi) is 6.59. The highest BCUT2D eigenvalue weighted by Gasteiger charge is 2.18. The van der Waals surface area contributed by atoms with Crippen molar-refractivity contribution in [1.82, 2.24) is 5.32 Å². The first-order valence-electron chi connectivity index (χ1n) is 8.55. The van der Waals surface area contributed by atoms with Crippen LogP contribution >= 0.6 is 0 Å². The van der Waals surface area contributed by atoms with E-state index in [1.807, 2.05) is 0 Å². The molecule has 1 heteroatoms. The quantitative estimate of drug-likeness (QED) is 0.709. The Hall–Kier alpha value is -0.820. The molecular formula is C19H31N. The van der Waals surface area contributed by atoms with E-state index >= 15 is 0 Å².